The molecule has 26 nitrogen and oxygen atoms in total. The van der Waals surface area contributed by atoms with Gasteiger partial charge in [-0.2, -0.15) is 11.8 Å². The van der Waals surface area contributed by atoms with Gasteiger partial charge in [0.15, 0.2) is 0 Å². The zero-order valence-electron chi connectivity index (χ0n) is 39.5. The van der Waals surface area contributed by atoms with Crippen LogP contribution >= 0.6 is 11.8 Å². The average Bonchev–Trinajstić information content (AvgIpc) is 3.77. The van der Waals surface area contributed by atoms with Gasteiger partial charge in [-0.1, -0.05) is 27.7 Å². The molecule has 0 saturated carbocycles. The predicted molar refractivity (Wildman–Crippen MR) is 244 cm³/mol. The second kappa shape index (κ2) is 30.7. The van der Waals surface area contributed by atoms with Crippen molar-refractivity contribution in [3.8, 4) is 0 Å². The highest BCUT2D eigenvalue weighted by molar-refractivity contribution is 7.98. The number of hydrogen-bond acceptors (Lipinski definition) is 16. The summed E-state index contributed by atoms with van der Waals surface area (Å²) in [4.78, 5) is 142. The minimum Gasteiger partial charge on any atom is -0.480 e. The van der Waals surface area contributed by atoms with E-state index in [2.05, 4.69) is 47.9 Å². The van der Waals surface area contributed by atoms with E-state index < -0.39 is 152 Å². The fraction of sp³-hybridized carbons (Fsp3) is 0.732. The number of aliphatic hydroxyl groups excluding tert-OH is 3. The van der Waals surface area contributed by atoms with Crippen LogP contribution in [0.5, 0.6) is 0 Å². The van der Waals surface area contributed by atoms with Crippen LogP contribution in [0.15, 0.2) is 0 Å². The van der Waals surface area contributed by atoms with E-state index in [1.807, 2.05) is 0 Å². The number of thioether (sulfide) groups is 1. The molecule has 27 heteroatoms. The number of nitrogens with two attached hydrogens (primary N) is 1. The zero-order chi connectivity index (χ0) is 51.8. The van der Waals surface area contributed by atoms with Gasteiger partial charge in [-0.05, 0) is 69.8 Å². The van der Waals surface area contributed by atoms with E-state index in [-0.39, 0.29) is 44.1 Å². The van der Waals surface area contributed by atoms with Gasteiger partial charge >= 0.3 is 5.97 Å². The van der Waals surface area contributed by atoms with Crippen LogP contribution in [0.4, 0.5) is 0 Å². The number of amides is 10. The van der Waals surface area contributed by atoms with Gasteiger partial charge in [0.2, 0.25) is 59.1 Å². The van der Waals surface area contributed by atoms with Crippen LogP contribution in [-0.2, 0) is 52.7 Å². The monoisotopic (exact) mass is 989 g/mol. The maximum Gasteiger partial charge on any atom is 0.326 e. The number of carbonyl (C=O) groups excluding carboxylic acids is 10. The van der Waals surface area contributed by atoms with Crippen molar-refractivity contribution in [2.45, 2.75) is 128 Å². The van der Waals surface area contributed by atoms with E-state index in [0.29, 0.717) is 12.2 Å². The largest absolute Gasteiger partial charge is 0.480 e. The molecular weight excluding hydrogens is 919 g/mol. The smallest absolute Gasteiger partial charge is 0.326 e. The Bertz CT molecular complexity index is 1770. The molecule has 386 valence electrons. The molecule has 15 N–H and O–H groups in total. The first kappa shape index (κ1) is 60.4. The Labute approximate surface area is 398 Å². The summed E-state index contributed by atoms with van der Waals surface area (Å²) >= 11 is 1.39. The van der Waals surface area contributed by atoms with E-state index in [0.717, 1.165) is 0 Å². The molecule has 1 heterocycles. The first-order chi connectivity index (χ1) is 31.9. The van der Waals surface area contributed by atoms with Gasteiger partial charge in [-0.25, -0.2) is 4.79 Å². The number of carboxylic acids is 1. The van der Waals surface area contributed by atoms with Gasteiger partial charge in [0.05, 0.1) is 39.0 Å². The molecule has 1 rings (SSSR count). The van der Waals surface area contributed by atoms with Crippen molar-refractivity contribution in [2.24, 2.45) is 17.6 Å². The molecule has 0 aromatic heterocycles. The van der Waals surface area contributed by atoms with Crippen molar-refractivity contribution < 1.29 is 73.2 Å². The molecule has 0 aromatic rings. The van der Waals surface area contributed by atoms with Crippen LogP contribution in [0.2, 0.25) is 0 Å². The summed E-state index contributed by atoms with van der Waals surface area (Å²) < 4.78 is 0. The van der Waals surface area contributed by atoms with Crippen molar-refractivity contribution in [3.63, 3.8) is 0 Å². The molecule has 9 unspecified atom stereocenters. The van der Waals surface area contributed by atoms with Crippen molar-refractivity contribution in [1.82, 2.24) is 52.8 Å². The Hall–Kier alpha value is -5.64. The number of nitrogens with one attached hydrogen (secondary N) is 9. The molecule has 0 spiro atoms. The lowest BCUT2D eigenvalue weighted by Gasteiger charge is -2.30. The minimum absolute atomic E-state index is 0.0542. The summed E-state index contributed by atoms with van der Waals surface area (Å²) in [6.07, 6.45) is 1.35. The second-order valence-electron chi connectivity index (χ2n) is 17.1. The van der Waals surface area contributed by atoms with Crippen LogP contribution in [0.3, 0.4) is 0 Å². The zero-order valence-corrected chi connectivity index (χ0v) is 40.4. The van der Waals surface area contributed by atoms with Gasteiger partial charge < -0.3 is 78.9 Å². The molecule has 1 saturated heterocycles. The topological polar surface area (TPSA) is 406 Å². The number of aliphatic carboxylic acids is 1. The fourth-order valence-corrected chi connectivity index (χ4v) is 7.08. The Morgan fingerprint density at radius 1 is 0.632 bits per heavy atom. The van der Waals surface area contributed by atoms with Crippen LogP contribution < -0.4 is 53.6 Å². The van der Waals surface area contributed by atoms with Crippen LogP contribution in [-0.4, -0.2) is 196 Å². The van der Waals surface area contributed by atoms with E-state index in [1.54, 1.807) is 34.0 Å². The van der Waals surface area contributed by atoms with Gasteiger partial charge in [-0.15, -0.1) is 0 Å². The van der Waals surface area contributed by atoms with Gasteiger partial charge in [-0.3, -0.25) is 47.9 Å². The van der Waals surface area contributed by atoms with Crippen LogP contribution in [0.1, 0.15) is 73.6 Å². The lowest BCUT2D eigenvalue weighted by atomic mass is 10.0. The molecule has 10 amide bonds. The van der Waals surface area contributed by atoms with E-state index in [1.165, 1.54) is 30.5 Å². The summed E-state index contributed by atoms with van der Waals surface area (Å²) in [5.74, 6) is -9.24. The first-order valence-corrected chi connectivity index (χ1v) is 23.6. The molecule has 68 heavy (non-hydrogen) atoms. The minimum atomic E-state index is -1.58. The fourth-order valence-electron chi connectivity index (χ4n) is 6.61. The number of hydrogen-bond donors (Lipinski definition) is 14. The van der Waals surface area contributed by atoms with Crippen molar-refractivity contribution in [3.05, 3.63) is 0 Å². The predicted octanol–water partition coefficient (Wildman–Crippen LogP) is -6.12. The highest BCUT2D eigenvalue weighted by atomic mass is 32.2. The third kappa shape index (κ3) is 21.5. The Morgan fingerprint density at radius 3 is 1.65 bits per heavy atom. The van der Waals surface area contributed by atoms with Crippen molar-refractivity contribution >= 4 is 76.8 Å². The van der Waals surface area contributed by atoms with Gasteiger partial charge in [0.1, 0.15) is 48.3 Å². The van der Waals surface area contributed by atoms with E-state index in [9.17, 15) is 68.1 Å². The van der Waals surface area contributed by atoms with Crippen LogP contribution in [0, 0.1) is 11.8 Å². The SMILES string of the molecule is CSCCC(NC(=O)CNC(=O)C(CO)NC(=O)C(N)CO)C(=O)N1CCCC1C(=O)NC(CC(C)C)C(=O)NCC(=O)NC(C)C(=O)NC(C(=O)NCC(=O)NC(CC(C)C)C(=O)O)C(C)O. The Kier molecular flexibility index (Phi) is 27.2. The molecule has 1 aliphatic heterocycles. The molecule has 0 aromatic carbocycles. The summed E-state index contributed by atoms with van der Waals surface area (Å²) in [6.45, 7) is 6.20. The molecule has 1 fully saturated rings. The van der Waals surface area contributed by atoms with Crippen molar-refractivity contribution in [2.75, 3.05) is 51.4 Å². The second-order valence-corrected chi connectivity index (χ2v) is 18.1. The van der Waals surface area contributed by atoms with E-state index >= 15 is 0 Å². The number of aliphatic hydroxyl groups is 3. The molecule has 0 radical (unpaired) electrons. The number of carbonyl (C=O) groups is 11. The molecule has 1 aliphatic rings. The third-order valence-electron chi connectivity index (χ3n) is 10.2. The average molecular weight is 990 g/mol. The standard InChI is InChI=1S/C41H71N11O15S/c1-20(2)13-26(36(61)43-15-30(56)46-22(5)34(59)51-33(23(6)55)39(64)45-17-32(58)48-27(41(66)67)14-21(3)4)49-38(63)29-9-8-11-52(29)40(65)25(10-12-68-7)47-31(57)16-44-37(62)28(19-54)50-35(60)24(42)18-53/h20-29,33,53-55H,8-19,42H2,1-7H3,(H,43,61)(H,44,62)(H,45,64)(H,46,56)(H,47,57)(H,48,58)(H,49,63)(H,50,60)(H,51,59)(H,66,67). The quantitative estimate of drug-likeness (QED) is 0.0318. The number of nitrogens with zero attached hydrogens (tertiary/aromatic N) is 1. The highest BCUT2D eigenvalue weighted by Crippen LogP contribution is 2.21. The maximum absolute atomic E-state index is 13.9. The highest BCUT2D eigenvalue weighted by Gasteiger charge is 2.39. The van der Waals surface area contributed by atoms with Gasteiger partial charge in [0.25, 0.3) is 0 Å². The molecule has 9 atom stereocenters. The van der Waals surface area contributed by atoms with E-state index in [4.69, 9.17) is 10.8 Å². The van der Waals surface area contributed by atoms with Crippen LogP contribution in [0.25, 0.3) is 0 Å². The normalized spacial score (nSPS) is 16.9. The number of rotatable bonds is 30. The summed E-state index contributed by atoms with van der Waals surface area (Å²) in [7, 11) is 0. The molecule has 0 bridgehead atoms. The van der Waals surface area contributed by atoms with Gasteiger partial charge in [0, 0.05) is 6.54 Å². The van der Waals surface area contributed by atoms with Crippen molar-refractivity contribution in [1.29, 1.82) is 0 Å². The Balaban J connectivity index is 2.90. The lowest BCUT2D eigenvalue weighted by molar-refractivity contribution is -0.142. The third-order valence-corrected chi connectivity index (χ3v) is 10.9. The maximum atomic E-state index is 13.9. The summed E-state index contributed by atoms with van der Waals surface area (Å²) in [6, 6.07) is -10.3. The lowest BCUT2D eigenvalue weighted by Crippen LogP contribution is -2.58. The molecule has 0 aliphatic carbocycles. The summed E-state index contributed by atoms with van der Waals surface area (Å²) in [5.41, 5.74) is 5.42. The molecular formula is C41H71N11O15S. The summed E-state index contributed by atoms with van der Waals surface area (Å²) in [5, 5.41) is 59.3. The number of carboxylic acid groups (broad SMARTS) is 1. The number of likely N-dealkylation sites (tertiary alicyclic amines) is 1. The first-order valence-electron chi connectivity index (χ1n) is 22.2. The Morgan fingerprint density at radius 2 is 1.15 bits per heavy atom.